The Labute approximate surface area is 101 Å². The third-order valence-corrected chi connectivity index (χ3v) is 3.04. The highest BCUT2D eigenvalue weighted by molar-refractivity contribution is 5.74. The fraction of sp³-hybridized carbons (Fsp3) is 0.357. The van der Waals surface area contributed by atoms with Gasteiger partial charge in [0.05, 0.1) is 6.10 Å². The van der Waals surface area contributed by atoms with Gasteiger partial charge < -0.3 is 9.84 Å². The SMILES string of the molecule is CC1(C)Oc2ccc(/C=C/C=O)cc2C[C@H]1O. The van der Waals surface area contributed by atoms with Gasteiger partial charge >= 0.3 is 0 Å². The highest BCUT2D eigenvalue weighted by atomic mass is 16.5. The van der Waals surface area contributed by atoms with Gasteiger partial charge in [-0.1, -0.05) is 12.1 Å². The van der Waals surface area contributed by atoms with Crippen LogP contribution in [-0.4, -0.2) is 23.1 Å². The van der Waals surface area contributed by atoms with Gasteiger partial charge in [0.1, 0.15) is 17.6 Å². The van der Waals surface area contributed by atoms with E-state index < -0.39 is 11.7 Å². The Morgan fingerprint density at radius 3 is 2.94 bits per heavy atom. The summed E-state index contributed by atoms with van der Waals surface area (Å²) in [6.45, 7) is 3.75. The zero-order valence-electron chi connectivity index (χ0n) is 10.0. The Morgan fingerprint density at radius 1 is 1.47 bits per heavy atom. The minimum Gasteiger partial charge on any atom is -0.485 e. The molecule has 0 saturated carbocycles. The molecule has 1 atom stereocenters. The summed E-state index contributed by atoms with van der Waals surface area (Å²) in [5.74, 6) is 0.809. The summed E-state index contributed by atoms with van der Waals surface area (Å²) >= 11 is 0. The maximum Gasteiger partial charge on any atom is 0.142 e. The van der Waals surface area contributed by atoms with Crippen LogP contribution in [0.2, 0.25) is 0 Å². The smallest absolute Gasteiger partial charge is 0.142 e. The molecule has 1 N–H and O–H groups in total. The van der Waals surface area contributed by atoms with Crippen LogP contribution in [0.3, 0.4) is 0 Å². The van der Waals surface area contributed by atoms with Crippen molar-refractivity contribution >= 4 is 12.4 Å². The molecule has 3 heteroatoms. The Morgan fingerprint density at radius 2 is 2.24 bits per heavy atom. The van der Waals surface area contributed by atoms with Crippen molar-refractivity contribution in [3.63, 3.8) is 0 Å². The number of aldehydes is 1. The van der Waals surface area contributed by atoms with Gasteiger partial charge in [-0.25, -0.2) is 0 Å². The van der Waals surface area contributed by atoms with E-state index in [0.717, 1.165) is 23.2 Å². The molecule has 1 heterocycles. The number of aliphatic hydroxyl groups is 1. The number of benzene rings is 1. The second-order valence-corrected chi connectivity index (χ2v) is 4.79. The van der Waals surface area contributed by atoms with Crippen LogP contribution in [0.4, 0.5) is 0 Å². The van der Waals surface area contributed by atoms with E-state index in [9.17, 15) is 9.90 Å². The van der Waals surface area contributed by atoms with Crippen LogP contribution in [0.5, 0.6) is 5.75 Å². The van der Waals surface area contributed by atoms with Crippen LogP contribution < -0.4 is 4.74 Å². The van der Waals surface area contributed by atoms with E-state index in [-0.39, 0.29) is 0 Å². The van der Waals surface area contributed by atoms with E-state index in [1.54, 1.807) is 6.08 Å². The molecule has 0 spiro atoms. The lowest BCUT2D eigenvalue weighted by molar-refractivity contribution is -0.104. The van der Waals surface area contributed by atoms with Crippen molar-refractivity contribution in [2.45, 2.75) is 32.0 Å². The lowest BCUT2D eigenvalue weighted by Crippen LogP contribution is -2.46. The molecule has 0 saturated heterocycles. The van der Waals surface area contributed by atoms with Gasteiger partial charge in [-0.15, -0.1) is 0 Å². The Bertz CT molecular complexity index is 461. The van der Waals surface area contributed by atoms with Gasteiger partial charge in [-0.2, -0.15) is 0 Å². The zero-order chi connectivity index (χ0) is 12.5. The number of aliphatic hydroxyl groups excluding tert-OH is 1. The second kappa shape index (κ2) is 4.34. The van der Waals surface area contributed by atoms with Crippen molar-refractivity contribution in [1.82, 2.24) is 0 Å². The molecule has 3 nitrogen and oxygen atoms in total. The maximum atomic E-state index is 10.3. The van der Waals surface area contributed by atoms with E-state index in [4.69, 9.17) is 4.74 Å². The van der Waals surface area contributed by atoms with E-state index >= 15 is 0 Å². The summed E-state index contributed by atoms with van der Waals surface area (Å²) in [7, 11) is 0. The first-order chi connectivity index (χ1) is 8.03. The Kier molecular flexibility index (Phi) is 3.03. The van der Waals surface area contributed by atoms with Gasteiger partial charge in [0.25, 0.3) is 0 Å². The number of fused-ring (bicyclic) bond motifs is 1. The van der Waals surface area contributed by atoms with E-state index in [1.165, 1.54) is 6.08 Å². The number of hydrogen-bond acceptors (Lipinski definition) is 3. The molecule has 1 aromatic rings. The third-order valence-electron chi connectivity index (χ3n) is 3.04. The third kappa shape index (κ3) is 2.39. The van der Waals surface area contributed by atoms with Crippen LogP contribution in [0.25, 0.3) is 6.08 Å². The van der Waals surface area contributed by atoms with Crippen LogP contribution in [0.1, 0.15) is 25.0 Å². The molecule has 0 radical (unpaired) electrons. The first-order valence-electron chi connectivity index (χ1n) is 5.65. The molecular weight excluding hydrogens is 216 g/mol. The number of ether oxygens (including phenoxy) is 1. The monoisotopic (exact) mass is 232 g/mol. The first-order valence-corrected chi connectivity index (χ1v) is 5.65. The van der Waals surface area contributed by atoms with Crippen molar-refractivity contribution in [2.24, 2.45) is 0 Å². The largest absolute Gasteiger partial charge is 0.485 e. The predicted molar refractivity (Wildman–Crippen MR) is 66.0 cm³/mol. The number of carbonyl (C=O) groups is 1. The van der Waals surface area contributed by atoms with Gasteiger partial charge in [-0.3, -0.25) is 4.79 Å². The molecule has 1 aliphatic heterocycles. The maximum absolute atomic E-state index is 10.3. The minimum atomic E-state index is -0.548. The lowest BCUT2D eigenvalue weighted by Gasteiger charge is -2.37. The number of carbonyl (C=O) groups excluding carboxylic acids is 1. The summed E-state index contributed by atoms with van der Waals surface area (Å²) in [5.41, 5.74) is 1.36. The van der Waals surface area contributed by atoms with Crippen molar-refractivity contribution in [1.29, 1.82) is 0 Å². The molecule has 0 bridgehead atoms. The molecular formula is C14H16O3. The van der Waals surface area contributed by atoms with Gasteiger partial charge in [0.15, 0.2) is 0 Å². The van der Waals surface area contributed by atoms with Crippen molar-refractivity contribution in [2.75, 3.05) is 0 Å². The summed E-state index contributed by atoms with van der Waals surface area (Å²) < 4.78 is 5.75. The highest BCUT2D eigenvalue weighted by Gasteiger charge is 2.35. The van der Waals surface area contributed by atoms with Crippen LogP contribution in [0.15, 0.2) is 24.3 Å². The zero-order valence-corrected chi connectivity index (χ0v) is 10.0. The highest BCUT2D eigenvalue weighted by Crippen LogP contribution is 2.33. The molecule has 0 amide bonds. The quantitative estimate of drug-likeness (QED) is 0.626. The summed E-state index contributed by atoms with van der Waals surface area (Å²) in [4.78, 5) is 10.3. The summed E-state index contributed by atoms with van der Waals surface area (Å²) in [6, 6.07) is 5.72. The van der Waals surface area contributed by atoms with Crippen molar-refractivity contribution in [3.05, 3.63) is 35.4 Å². The molecule has 1 aromatic carbocycles. The average Bonchev–Trinajstić information content (AvgIpc) is 2.27. The average molecular weight is 232 g/mol. The first kappa shape index (κ1) is 11.9. The molecule has 2 rings (SSSR count). The van der Waals surface area contributed by atoms with Gasteiger partial charge in [0.2, 0.25) is 0 Å². The Balaban J connectivity index is 2.32. The molecule has 1 aliphatic rings. The number of rotatable bonds is 2. The normalized spacial score (nSPS) is 21.9. The standard InChI is InChI=1S/C14H16O3/c1-14(2)13(16)9-11-8-10(4-3-7-15)5-6-12(11)17-14/h3-8,13,16H,9H2,1-2H3/b4-3+/t13-/m1/s1. The van der Waals surface area contributed by atoms with Gasteiger partial charge in [0, 0.05) is 6.42 Å². The molecule has 0 aromatic heterocycles. The van der Waals surface area contributed by atoms with Crippen molar-refractivity contribution < 1.29 is 14.6 Å². The summed E-state index contributed by atoms with van der Waals surface area (Å²) in [6.07, 6.45) is 3.99. The van der Waals surface area contributed by atoms with Crippen LogP contribution >= 0.6 is 0 Å². The molecule has 0 aliphatic carbocycles. The van der Waals surface area contributed by atoms with Crippen LogP contribution in [0, 0.1) is 0 Å². The summed E-state index contributed by atoms with van der Waals surface area (Å²) in [5, 5.41) is 9.95. The molecule has 0 unspecified atom stereocenters. The minimum absolute atomic E-state index is 0.514. The molecule has 90 valence electrons. The fourth-order valence-corrected chi connectivity index (χ4v) is 1.92. The van der Waals surface area contributed by atoms with E-state index in [1.807, 2.05) is 32.0 Å². The van der Waals surface area contributed by atoms with Crippen molar-refractivity contribution in [3.8, 4) is 5.75 Å². The van der Waals surface area contributed by atoms with E-state index in [2.05, 4.69) is 0 Å². The topological polar surface area (TPSA) is 46.5 Å². The number of hydrogen-bond donors (Lipinski definition) is 1. The van der Waals surface area contributed by atoms with E-state index in [0.29, 0.717) is 6.42 Å². The Hall–Kier alpha value is -1.61. The molecule has 0 fully saturated rings. The number of allylic oxidation sites excluding steroid dienone is 1. The van der Waals surface area contributed by atoms with Crippen LogP contribution in [-0.2, 0) is 11.2 Å². The lowest BCUT2D eigenvalue weighted by atomic mass is 9.90. The molecule has 17 heavy (non-hydrogen) atoms. The van der Waals surface area contributed by atoms with Gasteiger partial charge in [-0.05, 0) is 43.2 Å². The predicted octanol–water partition coefficient (Wildman–Crippen LogP) is 1.97. The fourth-order valence-electron chi connectivity index (χ4n) is 1.92. The second-order valence-electron chi connectivity index (χ2n) is 4.79.